The molecule has 0 aliphatic carbocycles. The second-order valence-corrected chi connectivity index (χ2v) is 5.23. The summed E-state index contributed by atoms with van der Waals surface area (Å²) in [5.74, 6) is 0.747. The first-order chi connectivity index (χ1) is 11.3. The molecular formula is C19H24O4. The molecule has 124 valence electrons. The van der Waals surface area contributed by atoms with Crippen molar-refractivity contribution in [3.05, 3.63) is 73.3 Å². The van der Waals surface area contributed by atoms with Crippen molar-refractivity contribution in [3.63, 3.8) is 0 Å². The minimum absolute atomic E-state index is 0.248. The minimum Gasteiger partial charge on any atom is -0.498 e. The van der Waals surface area contributed by atoms with Crippen LogP contribution in [0.4, 0.5) is 0 Å². The summed E-state index contributed by atoms with van der Waals surface area (Å²) in [5, 5.41) is 0. The summed E-state index contributed by atoms with van der Waals surface area (Å²) in [5.41, 5.74) is 1.10. The Hall–Kier alpha value is -2.04. The summed E-state index contributed by atoms with van der Waals surface area (Å²) in [4.78, 5) is 0. The van der Waals surface area contributed by atoms with E-state index in [1.54, 1.807) is 12.3 Å². The lowest BCUT2D eigenvalue weighted by atomic mass is 10.1. The van der Waals surface area contributed by atoms with Gasteiger partial charge in [0.05, 0.1) is 19.5 Å². The molecular weight excluding hydrogens is 292 g/mol. The Morgan fingerprint density at radius 3 is 2.39 bits per heavy atom. The van der Waals surface area contributed by atoms with Gasteiger partial charge in [0.25, 0.3) is 0 Å². The van der Waals surface area contributed by atoms with E-state index in [0.29, 0.717) is 13.2 Å². The van der Waals surface area contributed by atoms with Crippen LogP contribution in [0.1, 0.15) is 6.42 Å². The predicted octanol–water partition coefficient (Wildman–Crippen LogP) is 3.46. The molecule has 2 rings (SSSR count). The van der Waals surface area contributed by atoms with Crippen molar-refractivity contribution < 1.29 is 18.9 Å². The van der Waals surface area contributed by atoms with Gasteiger partial charge in [0.1, 0.15) is 31.2 Å². The van der Waals surface area contributed by atoms with Gasteiger partial charge in [-0.25, -0.2) is 0 Å². The first kappa shape index (κ1) is 17.3. The van der Waals surface area contributed by atoms with Crippen LogP contribution in [0, 0.1) is 0 Å². The summed E-state index contributed by atoms with van der Waals surface area (Å²) in [7, 11) is 0. The van der Waals surface area contributed by atoms with Crippen molar-refractivity contribution in [1.29, 1.82) is 0 Å². The van der Waals surface area contributed by atoms with Gasteiger partial charge in [0.15, 0.2) is 0 Å². The lowest BCUT2D eigenvalue weighted by molar-refractivity contribution is 0.193. The van der Waals surface area contributed by atoms with E-state index in [2.05, 4.69) is 13.2 Å². The molecule has 0 bridgehead atoms. The van der Waals surface area contributed by atoms with E-state index in [0.717, 1.165) is 31.0 Å². The first-order valence-corrected chi connectivity index (χ1v) is 7.77. The fourth-order valence-electron chi connectivity index (χ4n) is 1.66. The quantitative estimate of drug-likeness (QED) is 0.314. The Labute approximate surface area is 138 Å². The number of allylic oxidation sites excluding steroid dienone is 8. The molecule has 4 heteroatoms. The molecule has 0 spiro atoms. The Kier molecular flexibility index (Phi) is 7.43. The average Bonchev–Trinajstić information content (AvgIpc) is 3.46. The maximum atomic E-state index is 5.56. The summed E-state index contributed by atoms with van der Waals surface area (Å²) in [6, 6.07) is 0. The van der Waals surface area contributed by atoms with E-state index >= 15 is 0 Å². The van der Waals surface area contributed by atoms with Crippen molar-refractivity contribution in [2.75, 3.05) is 26.4 Å². The van der Waals surface area contributed by atoms with Gasteiger partial charge < -0.3 is 18.9 Å². The fraction of sp³-hybridized carbons (Fsp3) is 0.368. The molecule has 0 aromatic carbocycles. The molecule has 2 unspecified atom stereocenters. The van der Waals surface area contributed by atoms with Crippen LogP contribution >= 0.6 is 0 Å². The van der Waals surface area contributed by atoms with Crippen LogP contribution in [0.3, 0.4) is 0 Å². The molecule has 0 radical (unpaired) electrons. The van der Waals surface area contributed by atoms with Crippen LogP contribution in [0.25, 0.3) is 0 Å². The third kappa shape index (κ3) is 8.24. The van der Waals surface area contributed by atoms with Gasteiger partial charge in [-0.05, 0) is 30.2 Å². The summed E-state index contributed by atoms with van der Waals surface area (Å²) in [6.07, 6.45) is 16.3. The van der Waals surface area contributed by atoms with Gasteiger partial charge in [-0.1, -0.05) is 37.5 Å². The molecule has 23 heavy (non-hydrogen) atoms. The lowest BCUT2D eigenvalue weighted by Gasteiger charge is -2.02. The zero-order chi connectivity index (χ0) is 16.3. The highest BCUT2D eigenvalue weighted by Crippen LogP contribution is 2.12. The highest BCUT2D eigenvalue weighted by molar-refractivity contribution is 5.25. The first-order valence-electron chi connectivity index (χ1n) is 7.77. The standard InChI is InChI=1S/C19H24O4/c1-3-16(9-7-11-20-12-18-13-22-18)8-5-6-10-17(4-2)21-14-19-15-23-19/h3-7,9-11,18-19H,1-2,8,12-15H2/b6-5+,11-7+,16-9+,17-10+. The monoisotopic (exact) mass is 316 g/mol. The molecule has 2 aliphatic rings. The summed E-state index contributed by atoms with van der Waals surface area (Å²) in [6.45, 7) is 10.4. The summed E-state index contributed by atoms with van der Waals surface area (Å²) >= 11 is 0. The maximum absolute atomic E-state index is 5.56. The third-order valence-corrected chi connectivity index (χ3v) is 3.22. The normalized spacial score (nSPS) is 24.0. The van der Waals surface area contributed by atoms with E-state index in [9.17, 15) is 0 Å². The number of epoxide rings is 2. The number of rotatable bonds is 12. The summed E-state index contributed by atoms with van der Waals surface area (Å²) < 4.78 is 21.0. The van der Waals surface area contributed by atoms with Gasteiger partial charge in [-0.15, -0.1) is 0 Å². The predicted molar refractivity (Wildman–Crippen MR) is 90.8 cm³/mol. The zero-order valence-electron chi connectivity index (χ0n) is 13.4. The van der Waals surface area contributed by atoms with Crippen molar-refractivity contribution in [2.45, 2.75) is 18.6 Å². The van der Waals surface area contributed by atoms with Crippen molar-refractivity contribution in [1.82, 2.24) is 0 Å². The van der Waals surface area contributed by atoms with Crippen LogP contribution < -0.4 is 0 Å². The van der Waals surface area contributed by atoms with Crippen LogP contribution in [0.15, 0.2) is 73.3 Å². The molecule has 0 amide bonds. The van der Waals surface area contributed by atoms with Gasteiger partial charge in [0.2, 0.25) is 0 Å². The number of hydrogen-bond acceptors (Lipinski definition) is 4. The number of ether oxygens (including phenoxy) is 4. The highest BCUT2D eigenvalue weighted by atomic mass is 16.6. The van der Waals surface area contributed by atoms with Crippen LogP contribution in [0.5, 0.6) is 0 Å². The van der Waals surface area contributed by atoms with Crippen LogP contribution in [0.2, 0.25) is 0 Å². The maximum Gasteiger partial charge on any atom is 0.118 e. The molecule has 0 saturated carbocycles. The van der Waals surface area contributed by atoms with Gasteiger partial charge in [-0.3, -0.25) is 0 Å². The Morgan fingerprint density at radius 1 is 1.00 bits per heavy atom. The van der Waals surface area contributed by atoms with Gasteiger partial charge >= 0.3 is 0 Å². The molecule has 2 aliphatic heterocycles. The van der Waals surface area contributed by atoms with E-state index in [-0.39, 0.29) is 12.2 Å². The highest BCUT2D eigenvalue weighted by Gasteiger charge is 2.23. The lowest BCUT2D eigenvalue weighted by Crippen LogP contribution is -1.99. The average molecular weight is 316 g/mol. The largest absolute Gasteiger partial charge is 0.498 e. The molecule has 0 aromatic heterocycles. The minimum atomic E-state index is 0.248. The number of hydrogen-bond donors (Lipinski definition) is 0. The SMILES string of the molecule is C=C/C(=C\C=C\OCC1CO1)C/C=C/C=C(\C=C)OCC1CO1. The van der Waals surface area contributed by atoms with Gasteiger partial charge in [-0.2, -0.15) is 0 Å². The van der Waals surface area contributed by atoms with E-state index in [4.69, 9.17) is 18.9 Å². The second-order valence-electron chi connectivity index (χ2n) is 5.23. The Morgan fingerprint density at radius 2 is 1.74 bits per heavy atom. The fourth-order valence-corrected chi connectivity index (χ4v) is 1.66. The molecule has 2 fully saturated rings. The Bertz CT molecular complexity index is 505. The topological polar surface area (TPSA) is 43.5 Å². The Balaban J connectivity index is 1.68. The molecule has 0 aromatic rings. The van der Waals surface area contributed by atoms with Gasteiger partial charge in [0, 0.05) is 0 Å². The molecule has 4 nitrogen and oxygen atoms in total. The van der Waals surface area contributed by atoms with Crippen LogP contribution in [-0.4, -0.2) is 38.6 Å². The third-order valence-electron chi connectivity index (χ3n) is 3.22. The second kappa shape index (κ2) is 9.87. The zero-order valence-corrected chi connectivity index (χ0v) is 13.4. The van der Waals surface area contributed by atoms with Crippen LogP contribution in [-0.2, 0) is 18.9 Å². The molecule has 2 heterocycles. The molecule has 0 N–H and O–H groups in total. The smallest absolute Gasteiger partial charge is 0.118 e. The van der Waals surface area contributed by atoms with Crippen molar-refractivity contribution >= 4 is 0 Å². The van der Waals surface area contributed by atoms with Crippen molar-refractivity contribution in [3.8, 4) is 0 Å². The molecule has 2 saturated heterocycles. The van der Waals surface area contributed by atoms with E-state index in [1.807, 2.05) is 36.5 Å². The van der Waals surface area contributed by atoms with E-state index < -0.39 is 0 Å². The molecule has 2 atom stereocenters. The van der Waals surface area contributed by atoms with Crippen molar-refractivity contribution in [2.24, 2.45) is 0 Å². The van der Waals surface area contributed by atoms with E-state index in [1.165, 1.54) is 0 Å².